The van der Waals surface area contributed by atoms with E-state index in [2.05, 4.69) is 36.2 Å². The van der Waals surface area contributed by atoms with Gasteiger partial charge in [-0.1, -0.05) is 17.7 Å². The Morgan fingerprint density at radius 1 is 1.14 bits per heavy atom. The number of benzene rings is 1. The maximum Gasteiger partial charge on any atom is 0.326 e. The van der Waals surface area contributed by atoms with Crippen molar-refractivity contribution < 1.29 is 14.2 Å². The van der Waals surface area contributed by atoms with Crippen LogP contribution in [0, 0.1) is 11.7 Å². The molecule has 1 saturated carbocycles. The van der Waals surface area contributed by atoms with Crippen LogP contribution in [0.25, 0.3) is 6.08 Å². The average Bonchev–Trinajstić information content (AvgIpc) is 3.50. The second-order valence-corrected chi connectivity index (χ2v) is 9.99. The zero-order chi connectivity index (χ0) is 24.6. The van der Waals surface area contributed by atoms with E-state index in [1.54, 1.807) is 6.07 Å². The number of halogens is 1. The lowest BCUT2D eigenvalue weighted by atomic mass is 10.1. The number of β-amino-alcohol motifs (C(OH)–C–C–N with tert-alkyl or cyclic N) is 1. The molecule has 0 spiro atoms. The molecule has 1 saturated heterocycles. The molecule has 0 amide bonds. The van der Waals surface area contributed by atoms with Gasteiger partial charge in [0.1, 0.15) is 17.5 Å². The highest BCUT2D eigenvalue weighted by Gasteiger charge is 2.28. The number of anilines is 2. The van der Waals surface area contributed by atoms with Crippen LogP contribution in [0.5, 0.6) is 11.8 Å². The van der Waals surface area contributed by atoms with E-state index in [0.717, 1.165) is 56.1 Å². The lowest BCUT2D eigenvalue weighted by molar-refractivity contribution is 0.188. The van der Waals surface area contributed by atoms with Crippen molar-refractivity contribution in [2.75, 3.05) is 56.1 Å². The SMILES string of the molecule is CC1=Cc2c(ccc(Oc3nc(NC4=NCC(C5CC5)=C4)cc(N4CCN(CCO)CC4)n3)c2F)C1. The second kappa shape index (κ2) is 9.63. The summed E-state index contributed by atoms with van der Waals surface area (Å²) in [7, 11) is 0. The van der Waals surface area contributed by atoms with E-state index in [1.165, 1.54) is 18.4 Å². The molecule has 8 nitrogen and oxygen atoms in total. The number of aliphatic hydroxyl groups excluding tert-OH is 1. The van der Waals surface area contributed by atoms with Gasteiger partial charge in [0.25, 0.3) is 0 Å². The minimum atomic E-state index is -0.386. The molecule has 0 bridgehead atoms. The molecule has 6 rings (SSSR count). The molecule has 3 heterocycles. The Balaban J connectivity index is 1.27. The number of nitrogens with zero attached hydrogens (tertiary/aromatic N) is 5. The molecular formula is C27H31FN6O2. The summed E-state index contributed by atoms with van der Waals surface area (Å²) in [5, 5.41) is 12.6. The van der Waals surface area contributed by atoms with Crippen LogP contribution in [0.15, 0.2) is 40.4 Å². The molecular weight excluding hydrogens is 459 g/mol. The van der Waals surface area contributed by atoms with Gasteiger partial charge in [0.2, 0.25) is 0 Å². The van der Waals surface area contributed by atoms with Crippen LogP contribution in [0.2, 0.25) is 0 Å². The smallest absolute Gasteiger partial charge is 0.326 e. The molecule has 1 aromatic heterocycles. The van der Waals surface area contributed by atoms with Crippen molar-refractivity contribution in [2.45, 2.75) is 26.2 Å². The van der Waals surface area contributed by atoms with E-state index in [9.17, 15) is 5.11 Å². The number of aromatic nitrogens is 2. The highest BCUT2D eigenvalue weighted by Crippen LogP contribution is 2.38. The zero-order valence-electron chi connectivity index (χ0n) is 20.5. The fraction of sp³-hybridized carbons (Fsp3) is 0.444. The number of nitrogens with one attached hydrogen (secondary N) is 1. The normalized spacial score (nSPS) is 19.6. The Hall–Kier alpha value is -3.30. The Morgan fingerprint density at radius 2 is 1.97 bits per heavy atom. The predicted molar refractivity (Wildman–Crippen MR) is 138 cm³/mol. The molecule has 0 radical (unpaired) electrons. The summed E-state index contributed by atoms with van der Waals surface area (Å²) in [6.45, 7) is 6.73. The number of allylic oxidation sites excluding steroid dienone is 1. The molecule has 0 atom stereocenters. The summed E-state index contributed by atoms with van der Waals surface area (Å²) in [5.41, 5.74) is 4.04. The fourth-order valence-electron chi connectivity index (χ4n) is 5.08. The van der Waals surface area contributed by atoms with Crippen LogP contribution in [-0.2, 0) is 6.42 Å². The van der Waals surface area contributed by atoms with Crippen LogP contribution in [0.4, 0.5) is 16.0 Å². The second-order valence-electron chi connectivity index (χ2n) is 9.99. The summed E-state index contributed by atoms with van der Waals surface area (Å²) in [6.07, 6.45) is 7.23. The summed E-state index contributed by atoms with van der Waals surface area (Å²) in [6, 6.07) is 5.55. The van der Waals surface area contributed by atoms with E-state index in [1.807, 2.05) is 25.1 Å². The van der Waals surface area contributed by atoms with E-state index in [0.29, 0.717) is 29.7 Å². The first-order valence-corrected chi connectivity index (χ1v) is 12.7. The van der Waals surface area contributed by atoms with Crippen molar-refractivity contribution in [3.8, 4) is 11.8 Å². The van der Waals surface area contributed by atoms with Gasteiger partial charge in [-0.25, -0.2) is 4.39 Å². The number of amidine groups is 1. The Bertz CT molecular complexity index is 1260. The predicted octanol–water partition coefficient (Wildman–Crippen LogP) is 3.64. The van der Waals surface area contributed by atoms with Crippen LogP contribution in [-0.4, -0.2) is 71.7 Å². The number of hydrogen-bond acceptors (Lipinski definition) is 8. The standard InChI is InChI=1S/C27H31FN6O2/c1-17-12-19-4-5-22(26(28)21(19)13-17)36-27-31-24(30-23-14-20(16-29-23)18-2-3-18)15-25(32-27)34-8-6-33(7-9-34)10-11-35/h4-5,13-15,18,35H,2-3,6-12,16H2,1H3,(H,29,30,31,32). The number of fused-ring (bicyclic) bond motifs is 1. The number of ether oxygens (including phenoxy) is 1. The average molecular weight is 491 g/mol. The van der Waals surface area contributed by atoms with Gasteiger partial charge >= 0.3 is 6.01 Å². The monoisotopic (exact) mass is 490 g/mol. The number of aliphatic hydroxyl groups is 1. The van der Waals surface area contributed by atoms with Crippen molar-refractivity contribution in [2.24, 2.45) is 10.9 Å². The number of aliphatic imine (C=N–C) groups is 1. The van der Waals surface area contributed by atoms with Gasteiger partial charge in [0.05, 0.1) is 13.2 Å². The first-order chi connectivity index (χ1) is 17.6. The molecule has 188 valence electrons. The van der Waals surface area contributed by atoms with Gasteiger partial charge in [-0.15, -0.1) is 0 Å². The zero-order valence-corrected chi connectivity index (χ0v) is 20.5. The largest absolute Gasteiger partial charge is 0.421 e. The molecule has 2 aromatic rings. The molecule has 2 aliphatic carbocycles. The number of rotatable bonds is 7. The lowest BCUT2D eigenvalue weighted by Crippen LogP contribution is -2.47. The quantitative estimate of drug-likeness (QED) is 0.613. The molecule has 0 unspecified atom stereocenters. The highest BCUT2D eigenvalue weighted by atomic mass is 19.1. The van der Waals surface area contributed by atoms with E-state index < -0.39 is 0 Å². The minimum Gasteiger partial charge on any atom is -0.421 e. The molecule has 2 N–H and O–H groups in total. The summed E-state index contributed by atoms with van der Waals surface area (Å²) >= 11 is 0. The number of piperazine rings is 1. The van der Waals surface area contributed by atoms with Gasteiger partial charge in [-0.3, -0.25) is 9.89 Å². The summed E-state index contributed by atoms with van der Waals surface area (Å²) < 4.78 is 21.2. The molecule has 36 heavy (non-hydrogen) atoms. The van der Waals surface area contributed by atoms with Crippen LogP contribution in [0.3, 0.4) is 0 Å². The van der Waals surface area contributed by atoms with Crippen molar-refractivity contribution in [1.82, 2.24) is 14.9 Å². The Kier molecular flexibility index (Phi) is 6.18. The van der Waals surface area contributed by atoms with Gasteiger partial charge < -0.3 is 20.1 Å². The summed E-state index contributed by atoms with van der Waals surface area (Å²) in [5.74, 6) is 2.46. The van der Waals surface area contributed by atoms with E-state index in [4.69, 9.17) is 4.74 Å². The third-order valence-electron chi connectivity index (χ3n) is 7.21. The van der Waals surface area contributed by atoms with Crippen LogP contribution in [0.1, 0.15) is 30.9 Å². The molecule has 2 aliphatic heterocycles. The van der Waals surface area contributed by atoms with Crippen LogP contribution < -0.4 is 15.0 Å². The first-order valence-electron chi connectivity index (χ1n) is 12.7. The van der Waals surface area contributed by atoms with Crippen molar-refractivity contribution >= 4 is 23.5 Å². The maximum atomic E-state index is 15.3. The van der Waals surface area contributed by atoms with Crippen molar-refractivity contribution in [3.05, 3.63) is 52.4 Å². The van der Waals surface area contributed by atoms with Gasteiger partial charge in [-0.2, -0.15) is 9.97 Å². The van der Waals surface area contributed by atoms with Crippen molar-refractivity contribution in [1.29, 1.82) is 0 Å². The van der Waals surface area contributed by atoms with Gasteiger partial charge in [0, 0.05) is 44.4 Å². The van der Waals surface area contributed by atoms with Gasteiger partial charge in [-0.05, 0) is 55.4 Å². The van der Waals surface area contributed by atoms with Gasteiger partial charge in [0.15, 0.2) is 11.6 Å². The molecule has 4 aliphatic rings. The van der Waals surface area contributed by atoms with E-state index in [-0.39, 0.29) is 24.2 Å². The Labute approximate surface area is 210 Å². The highest BCUT2D eigenvalue weighted by molar-refractivity contribution is 6.05. The first kappa shape index (κ1) is 23.1. The summed E-state index contributed by atoms with van der Waals surface area (Å²) in [4.78, 5) is 18.2. The Morgan fingerprint density at radius 3 is 2.75 bits per heavy atom. The fourth-order valence-corrected chi connectivity index (χ4v) is 5.08. The maximum absolute atomic E-state index is 15.3. The third kappa shape index (κ3) is 4.85. The number of hydrogen-bond donors (Lipinski definition) is 2. The topological polar surface area (TPSA) is 86.1 Å². The molecule has 2 fully saturated rings. The molecule has 9 heteroatoms. The minimum absolute atomic E-state index is 0.0929. The molecule has 1 aromatic carbocycles. The van der Waals surface area contributed by atoms with Crippen molar-refractivity contribution in [3.63, 3.8) is 0 Å². The lowest BCUT2D eigenvalue weighted by Gasteiger charge is -2.35. The van der Waals surface area contributed by atoms with Crippen LogP contribution >= 0.6 is 0 Å². The van der Waals surface area contributed by atoms with E-state index >= 15 is 4.39 Å². The third-order valence-corrected chi connectivity index (χ3v) is 7.21.